The molecule has 118 valence electrons. The molecule has 1 aliphatic carbocycles. The van der Waals surface area contributed by atoms with Crippen LogP contribution in [0.25, 0.3) is 17.2 Å². The normalized spacial score (nSPS) is 15.4. The van der Waals surface area contributed by atoms with Crippen LogP contribution in [0.3, 0.4) is 0 Å². The summed E-state index contributed by atoms with van der Waals surface area (Å²) in [6, 6.07) is 13.7. The van der Waals surface area contributed by atoms with Crippen molar-refractivity contribution in [2.24, 2.45) is 0 Å². The van der Waals surface area contributed by atoms with Gasteiger partial charge in [0.05, 0.1) is 0 Å². The van der Waals surface area contributed by atoms with E-state index in [4.69, 9.17) is 0 Å². The molecular weight excluding hydrogens is 418 g/mol. The zero-order valence-corrected chi connectivity index (χ0v) is 16.2. The summed E-state index contributed by atoms with van der Waals surface area (Å²) < 4.78 is 14.7. The van der Waals surface area contributed by atoms with E-state index in [2.05, 4.69) is 66.1 Å². The van der Waals surface area contributed by atoms with Crippen molar-refractivity contribution in [1.29, 1.82) is 0 Å². The average Bonchev–Trinajstić information content (AvgIpc) is 2.81. The van der Waals surface area contributed by atoms with Gasteiger partial charge in [-0.25, -0.2) is 4.39 Å². The van der Waals surface area contributed by atoms with Crippen LogP contribution in [0.5, 0.6) is 0 Å². The maximum absolute atomic E-state index is 13.7. The molecule has 0 heterocycles. The highest BCUT2D eigenvalue weighted by molar-refractivity contribution is 14.1. The van der Waals surface area contributed by atoms with Gasteiger partial charge < -0.3 is 0 Å². The third-order valence-corrected chi connectivity index (χ3v) is 5.51. The van der Waals surface area contributed by atoms with E-state index in [-0.39, 0.29) is 5.82 Å². The van der Waals surface area contributed by atoms with Gasteiger partial charge in [-0.15, -0.1) is 11.8 Å². The molecule has 0 spiro atoms. The number of thioether (sulfide) groups is 1. The number of hydrogen-bond acceptors (Lipinski definition) is 1. The van der Waals surface area contributed by atoms with Crippen LogP contribution in [0.15, 0.2) is 52.9 Å². The lowest BCUT2D eigenvalue weighted by Gasteiger charge is -2.05. The van der Waals surface area contributed by atoms with Crippen molar-refractivity contribution in [1.82, 2.24) is 0 Å². The second-order valence-electron chi connectivity index (χ2n) is 5.56. The van der Waals surface area contributed by atoms with Crippen molar-refractivity contribution < 1.29 is 4.39 Å². The van der Waals surface area contributed by atoms with E-state index in [0.29, 0.717) is 0 Å². The van der Waals surface area contributed by atoms with Crippen LogP contribution in [-0.2, 0) is 0 Å². The Balaban J connectivity index is 2.09. The van der Waals surface area contributed by atoms with E-state index >= 15 is 0 Å². The highest BCUT2D eigenvalue weighted by atomic mass is 127. The van der Waals surface area contributed by atoms with Gasteiger partial charge >= 0.3 is 0 Å². The Morgan fingerprint density at radius 3 is 2.48 bits per heavy atom. The number of fused-ring (bicyclic) bond motifs is 1. The summed E-state index contributed by atoms with van der Waals surface area (Å²) >= 11 is 4.13. The van der Waals surface area contributed by atoms with E-state index in [1.807, 2.05) is 6.07 Å². The number of hydrogen-bond donors (Lipinski definition) is 0. The quantitative estimate of drug-likeness (QED) is 0.292. The summed E-state index contributed by atoms with van der Waals surface area (Å²) in [7, 11) is 0. The molecule has 0 N–H and O–H groups in total. The van der Waals surface area contributed by atoms with E-state index < -0.39 is 0 Å². The van der Waals surface area contributed by atoms with Gasteiger partial charge in [0.1, 0.15) is 5.82 Å². The first-order chi connectivity index (χ1) is 11.1. The van der Waals surface area contributed by atoms with Crippen LogP contribution in [0, 0.1) is 5.82 Å². The fraction of sp³-hybridized carbons (Fsp3) is 0.200. The summed E-state index contributed by atoms with van der Waals surface area (Å²) in [4.78, 5) is 1.26. The molecule has 0 radical (unpaired) electrons. The maximum Gasteiger partial charge on any atom is 0.123 e. The molecule has 23 heavy (non-hydrogen) atoms. The molecule has 0 saturated carbocycles. The third-order valence-electron chi connectivity index (χ3n) is 4.22. The van der Waals surface area contributed by atoms with E-state index in [1.165, 1.54) is 27.2 Å². The lowest BCUT2D eigenvalue weighted by Crippen LogP contribution is -1.87. The monoisotopic (exact) mass is 436 g/mol. The Morgan fingerprint density at radius 2 is 1.83 bits per heavy atom. The van der Waals surface area contributed by atoms with Gasteiger partial charge in [0, 0.05) is 9.32 Å². The molecule has 2 aromatic rings. The number of benzene rings is 2. The Morgan fingerprint density at radius 1 is 1.09 bits per heavy atom. The van der Waals surface area contributed by atoms with Crippen LogP contribution in [-0.4, -0.2) is 10.7 Å². The van der Waals surface area contributed by atoms with Crippen LogP contribution >= 0.6 is 34.4 Å². The van der Waals surface area contributed by atoms with Gasteiger partial charge in [0.15, 0.2) is 0 Å². The Labute approximate surface area is 155 Å². The van der Waals surface area contributed by atoms with E-state index in [1.54, 1.807) is 23.9 Å². The first-order valence-electron chi connectivity index (χ1n) is 7.56. The first kappa shape index (κ1) is 16.8. The maximum atomic E-state index is 13.7. The molecule has 0 saturated heterocycles. The van der Waals surface area contributed by atoms with Gasteiger partial charge in [0.2, 0.25) is 0 Å². The summed E-state index contributed by atoms with van der Waals surface area (Å²) in [5.74, 6) is -0.159. The smallest absolute Gasteiger partial charge is 0.123 e. The number of halogens is 2. The minimum atomic E-state index is -0.159. The fourth-order valence-corrected chi connectivity index (χ4v) is 3.98. The Kier molecular flexibility index (Phi) is 5.27. The highest BCUT2D eigenvalue weighted by Crippen LogP contribution is 2.44. The molecule has 0 bridgehead atoms. The average molecular weight is 436 g/mol. The molecular formula is C20H18FIS. The SMILES string of the molecule is CSc1ccc(C=C2C(C)=C(CCI)c3cc(F)ccc32)cc1. The third kappa shape index (κ3) is 3.41. The van der Waals surface area contributed by atoms with Crippen molar-refractivity contribution in [2.75, 3.05) is 10.7 Å². The molecule has 0 unspecified atom stereocenters. The lowest BCUT2D eigenvalue weighted by atomic mass is 10.0. The summed E-state index contributed by atoms with van der Waals surface area (Å²) in [5.41, 5.74) is 7.17. The van der Waals surface area contributed by atoms with Crippen LogP contribution in [0.2, 0.25) is 0 Å². The van der Waals surface area contributed by atoms with Crippen molar-refractivity contribution in [3.05, 3.63) is 70.5 Å². The molecule has 0 amide bonds. The minimum Gasteiger partial charge on any atom is -0.207 e. The van der Waals surface area contributed by atoms with Crippen LogP contribution in [0.1, 0.15) is 30.0 Å². The Bertz CT molecular complexity index is 788. The molecule has 0 atom stereocenters. The molecule has 3 rings (SSSR count). The predicted octanol–water partition coefficient (Wildman–Crippen LogP) is 6.70. The molecule has 0 aliphatic heterocycles. The molecule has 2 aromatic carbocycles. The van der Waals surface area contributed by atoms with Crippen molar-refractivity contribution in [2.45, 2.75) is 18.2 Å². The lowest BCUT2D eigenvalue weighted by molar-refractivity contribution is 0.627. The van der Waals surface area contributed by atoms with Gasteiger partial charge in [-0.1, -0.05) is 40.8 Å². The van der Waals surface area contributed by atoms with E-state index in [9.17, 15) is 4.39 Å². The Hall–Kier alpha value is -1.07. The first-order valence-corrected chi connectivity index (χ1v) is 10.3. The van der Waals surface area contributed by atoms with Crippen LogP contribution < -0.4 is 0 Å². The minimum absolute atomic E-state index is 0.159. The topological polar surface area (TPSA) is 0 Å². The molecule has 1 aliphatic rings. The van der Waals surface area contributed by atoms with E-state index in [0.717, 1.165) is 22.0 Å². The van der Waals surface area contributed by atoms with Gasteiger partial charge in [-0.3, -0.25) is 0 Å². The second-order valence-corrected chi connectivity index (χ2v) is 7.52. The zero-order valence-electron chi connectivity index (χ0n) is 13.2. The number of rotatable bonds is 4. The summed E-state index contributed by atoms with van der Waals surface area (Å²) in [6.45, 7) is 2.15. The van der Waals surface area contributed by atoms with Crippen molar-refractivity contribution in [3.63, 3.8) is 0 Å². The highest BCUT2D eigenvalue weighted by Gasteiger charge is 2.23. The fourth-order valence-electron chi connectivity index (χ4n) is 3.04. The summed E-state index contributed by atoms with van der Waals surface area (Å²) in [6.07, 6.45) is 5.28. The number of alkyl halides is 1. The second kappa shape index (κ2) is 7.22. The molecule has 0 aromatic heterocycles. The molecule has 3 heteroatoms. The van der Waals surface area contributed by atoms with Gasteiger partial charge in [0.25, 0.3) is 0 Å². The molecule has 0 nitrogen and oxygen atoms in total. The zero-order chi connectivity index (χ0) is 16.4. The molecule has 0 fully saturated rings. The largest absolute Gasteiger partial charge is 0.207 e. The van der Waals surface area contributed by atoms with Gasteiger partial charge in [-0.2, -0.15) is 0 Å². The van der Waals surface area contributed by atoms with Crippen molar-refractivity contribution >= 4 is 51.6 Å². The van der Waals surface area contributed by atoms with Crippen molar-refractivity contribution in [3.8, 4) is 0 Å². The van der Waals surface area contributed by atoms with Gasteiger partial charge in [-0.05, 0) is 83.4 Å². The number of allylic oxidation sites excluding steroid dienone is 3. The standard InChI is InChI=1S/C20H18FIS/c1-13-17(9-10-22)20-12-15(21)5-8-18(20)19(13)11-14-3-6-16(23-2)7-4-14/h3-8,11-12H,9-10H2,1-2H3. The summed E-state index contributed by atoms with van der Waals surface area (Å²) in [5, 5.41) is 0. The van der Waals surface area contributed by atoms with Crippen LogP contribution in [0.4, 0.5) is 4.39 Å². The predicted molar refractivity (Wildman–Crippen MR) is 109 cm³/mol.